The summed E-state index contributed by atoms with van der Waals surface area (Å²) in [5.41, 5.74) is 8.18. The lowest BCUT2D eigenvalue weighted by atomic mass is 10.1. The lowest BCUT2D eigenvalue weighted by Crippen LogP contribution is -2.16. The molecule has 0 aliphatic rings. The Morgan fingerprint density at radius 3 is 2.19 bits per heavy atom. The van der Waals surface area contributed by atoms with Crippen molar-refractivity contribution < 1.29 is 19.6 Å². The number of phenols is 1. The highest BCUT2D eigenvalue weighted by Gasteiger charge is 2.23. The predicted octanol–water partition coefficient (Wildman–Crippen LogP) is -0.502. The van der Waals surface area contributed by atoms with E-state index in [1.807, 2.05) is 0 Å². The van der Waals surface area contributed by atoms with E-state index in [1.54, 1.807) is 0 Å². The third-order valence-electron chi connectivity index (χ3n) is 1.84. The number of nitrogens with zero attached hydrogens (tertiary/aromatic N) is 1. The Kier molecular flexibility index (Phi) is 2.75. The van der Waals surface area contributed by atoms with Crippen LogP contribution in [-0.2, 0) is 0 Å². The van der Waals surface area contributed by atoms with Gasteiger partial charge in [-0.15, -0.1) is 0 Å². The van der Waals surface area contributed by atoms with E-state index < -0.39 is 33.7 Å². The molecule has 0 radical (unpaired) electrons. The van der Waals surface area contributed by atoms with Crippen LogP contribution in [0, 0.1) is 10.1 Å². The molecule has 0 bridgehead atoms. The number of aromatic hydroxyl groups is 1. The van der Waals surface area contributed by atoms with E-state index in [2.05, 4.69) is 0 Å². The molecule has 1 aromatic carbocycles. The second kappa shape index (κ2) is 3.85. The summed E-state index contributed by atoms with van der Waals surface area (Å²) in [4.78, 5) is 31.2. The number of benzene rings is 1. The Balaban J connectivity index is 3.57. The molecular formula is C8H7N3O5. The predicted molar refractivity (Wildman–Crippen MR) is 51.8 cm³/mol. The van der Waals surface area contributed by atoms with Gasteiger partial charge >= 0.3 is 5.69 Å². The molecular weight excluding hydrogens is 218 g/mol. The Labute approximate surface area is 88.6 Å². The van der Waals surface area contributed by atoms with Crippen molar-refractivity contribution in [2.24, 2.45) is 11.5 Å². The fraction of sp³-hybridized carbons (Fsp3) is 0. The van der Waals surface area contributed by atoms with Gasteiger partial charge in [-0.3, -0.25) is 19.7 Å². The van der Waals surface area contributed by atoms with E-state index in [9.17, 15) is 24.8 Å². The van der Waals surface area contributed by atoms with Gasteiger partial charge in [-0.05, 0) is 6.07 Å². The van der Waals surface area contributed by atoms with Gasteiger partial charge in [0, 0.05) is 11.6 Å². The molecule has 8 heteroatoms. The first-order chi connectivity index (χ1) is 7.34. The number of nitro groups is 1. The van der Waals surface area contributed by atoms with Crippen LogP contribution in [0.25, 0.3) is 0 Å². The highest BCUT2D eigenvalue weighted by atomic mass is 16.6. The lowest BCUT2D eigenvalue weighted by Gasteiger charge is -2.03. The minimum atomic E-state index is -1.09. The van der Waals surface area contributed by atoms with E-state index in [-0.39, 0.29) is 5.56 Å². The summed E-state index contributed by atoms with van der Waals surface area (Å²) in [6.07, 6.45) is 0. The molecule has 0 saturated carbocycles. The molecule has 5 N–H and O–H groups in total. The first kappa shape index (κ1) is 11.4. The smallest absolute Gasteiger partial charge is 0.312 e. The summed E-state index contributed by atoms with van der Waals surface area (Å²) in [6.45, 7) is 0. The second-order valence-corrected chi connectivity index (χ2v) is 2.88. The summed E-state index contributed by atoms with van der Waals surface area (Å²) < 4.78 is 0. The number of carbonyl (C=O) groups excluding carboxylic acids is 2. The lowest BCUT2D eigenvalue weighted by molar-refractivity contribution is -0.385. The zero-order valence-electron chi connectivity index (χ0n) is 7.84. The van der Waals surface area contributed by atoms with Crippen molar-refractivity contribution in [1.29, 1.82) is 0 Å². The molecule has 1 rings (SSSR count). The molecule has 8 nitrogen and oxygen atoms in total. The number of amides is 2. The van der Waals surface area contributed by atoms with Crippen LogP contribution in [0.1, 0.15) is 20.7 Å². The van der Waals surface area contributed by atoms with Crippen molar-refractivity contribution in [1.82, 2.24) is 0 Å². The molecule has 0 aromatic heterocycles. The van der Waals surface area contributed by atoms with Gasteiger partial charge in [0.15, 0.2) is 0 Å². The topological polar surface area (TPSA) is 150 Å². The molecule has 0 fully saturated rings. The van der Waals surface area contributed by atoms with Crippen LogP contribution >= 0.6 is 0 Å². The van der Waals surface area contributed by atoms with Gasteiger partial charge in [0.2, 0.25) is 11.7 Å². The first-order valence-corrected chi connectivity index (χ1v) is 3.95. The first-order valence-electron chi connectivity index (χ1n) is 3.95. The molecule has 84 valence electrons. The molecule has 0 saturated heterocycles. The van der Waals surface area contributed by atoms with Crippen LogP contribution in [0.5, 0.6) is 5.75 Å². The fourth-order valence-electron chi connectivity index (χ4n) is 1.09. The highest BCUT2D eigenvalue weighted by molar-refractivity contribution is 6.01. The average Bonchev–Trinajstić information content (AvgIpc) is 2.16. The van der Waals surface area contributed by atoms with Crippen molar-refractivity contribution in [3.63, 3.8) is 0 Å². The molecule has 0 spiro atoms. The van der Waals surface area contributed by atoms with Gasteiger partial charge in [0.05, 0.1) is 10.5 Å². The van der Waals surface area contributed by atoms with E-state index in [4.69, 9.17) is 11.5 Å². The van der Waals surface area contributed by atoms with Crippen LogP contribution < -0.4 is 11.5 Å². The molecule has 2 amide bonds. The highest BCUT2D eigenvalue weighted by Crippen LogP contribution is 2.30. The standard InChI is InChI=1S/C8H7N3O5/c9-7(13)3-1-4(8(10)14)6(12)5(2-3)11(15)16/h1-2,12H,(H2,9,13)(H2,10,14). The molecule has 0 aliphatic carbocycles. The minimum Gasteiger partial charge on any atom is -0.502 e. The molecule has 0 heterocycles. The number of hydrogen-bond donors (Lipinski definition) is 3. The maximum atomic E-state index is 10.9. The summed E-state index contributed by atoms with van der Waals surface area (Å²) in [6, 6.07) is 1.66. The average molecular weight is 225 g/mol. The van der Waals surface area contributed by atoms with Gasteiger partial charge in [-0.25, -0.2) is 0 Å². The number of rotatable bonds is 3. The second-order valence-electron chi connectivity index (χ2n) is 2.88. The van der Waals surface area contributed by atoms with Crippen molar-refractivity contribution in [2.45, 2.75) is 0 Å². The van der Waals surface area contributed by atoms with Crippen molar-refractivity contribution >= 4 is 17.5 Å². The quantitative estimate of drug-likeness (QED) is 0.468. The van der Waals surface area contributed by atoms with Crippen LogP contribution in [0.3, 0.4) is 0 Å². The van der Waals surface area contributed by atoms with Crippen LogP contribution in [0.2, 0.25) is 0 Å². The van der Waals surface area contributed by atoms with Crippen LogP contribution in [0.4, 0.5) is 5.69 Å². The van der Waals surface area contributed by atoms with Crippen molar-refractivity contribution in [2.75, 3.05) is 0 Å². The number of nitro benzene ring substituents is 1. The molecule has 0 aliphatic heterocycles. The van der Waals surface area contributed by atoms with Gasteiger partial charge in [0.1, 0.15) is 0 Å². The van der Waals surface area contributed by atoms with Crippen molar-refractivity contribution in [3.8, 4) is 5.75 Å². The van der Waals surface area contributed by atoms with E-state index in [0.717, 1.165) is 12.1 Å². The Morgan fingerprint density at radius 2 is 1.81 bits per heavy atom. The third-order valence-corrected chi connectivity index (χ3v) is 1.84. The summed E-state index contributed by atoms with van der Waals surface area (Å²) in [5, 5.41) is 19.9. The Hall–Kier alpha value is -2.64. The van der Waals surface area contributed by atoms with E-state index in [0.29, 0.717) is 0 Å². The van der Waals surface area contributed by atoms with E-state index in [1.165, 1.54) is 0 Å². The maximum absolute atomic E-state index is 10.9. The summed E-state index contributed by atoms with van der Waals surface area (Å²) in [5.74, 6) is -2.95. The zero-order valence-corrected chi connectivity index (χ0v) is 7.84. The molecule has 1 aromatic rings. The van der Waals surface area contributed by atoms with Crippen LogP contribution in [-0.4, -0.2) is 21.8 Å². The normalized spacial score (nSPS) is 9.75. The largest absolute Gasteiger partial charge is 0.502 e. The zero-order chi connectivity index (χ0) is 12.5. The minimum absolute atomic E-state index is 0.279. The molecule has 0 atom stereocenters. The molecule has 0 unspecified atom stereocenters. The summed E-state index contributed by atoms with van der Waals surface area (Å²) >= 11 is 0. The monoisotopic (exact) mass is 225 g/mol. The van der Waals surface area contributed by atoms with Crippen molar-refractivity contribution in [3.05, 3.63) is 33.4 Å². The van der Waals surface area contributed by atoms with Crippen LogP contribution in [0.15, 0.2) is 12.1 Å². The number of nitrogens with two attached hydrogens (primary N) is 2. The molecule has 16 heavy (non-hydrogen) atoms. The van der Waals surface area contributed by atoms with E-state index >= 15 is 0 Å². The number of primary amides is 2. The summed E-state index contributed by atoms with van der Waals surface area (Å²) in [7, 11) is 0. The Bertz CT molecular complexity index is 461. The SMILES string of the molecule is NC(=O)c1cc(C(N)=O)c(O)c([N+](=O)[O-])c1. The Morgan fingerprint density at radius 1 is 1.25 bits per heavy atom. The third kappa shape index (κ3) is 1.90. The van der Waals surface area contributed by atoms with Gasteiger partial charge < -0.3 is 16.6 Å². The fourth-order valence-corrected chi connectivity index (χ4v) is 1.09. The maximum Gasteiger partial charge on any atom is 0.312 e. The van der Waals surface area contributed by atoms with Gasteiger partial charge in [-0.2, -0.15) is 0 Å². The number of carbonyl (C=O) groups is 2. The van der Waals surface area contributed by atoms with Gasteiger partial charge in [-0.1, -0.05) is 0 Å². The van der Waals surface area contributed by atoms with Gasteiger partial charge in [0.25, 0.3) is 5.91 Å². The number of hydrogen-bond acceptors (Lipinski definition) is 5.